The molecule has 0 heterocycles. The quantitative estimate of drug-likeness (QED) is 0.802. The van der Waals surface area contributed by atoms with Gasteiger partial charge in [0.05, 0.1) is 0 Å². The van der Waals surface area contributed by atoms with Crippen LogP contribution in [0, 0.1) is 18.2 Å². The topological polar surface area (TPSA) is 41.5 Å². The van der Waals surface area contributed by atoms with E-state index in [1.807, 2.05) is 24.3 Å². The molecule has 2 aromatic rings. The Balaban J connectivity index is 1.81. The molecule has 0 saturated heterocycles. The van der Waals surface area contributed by atoms with Crippen molar-refractivity contribution in [1.29, 1.82) is 0 Å². The smallest absolute Gasteiger partial charge is 0.165 e. The normalized spacial score (nSPS) is 11.5. The number of aliphatic hydroxyl groups excluding tert-OH is 1. The third-order valence-corrected chi connectivity index (χ3v) is 2.84. The molecule has 0 amide bonds. The Morgan fingerprint density at radius 1 is 1.24 bits per heavy atom. The Labute approximate surface area is 123 Å². The number of anilines is 1. The maximum absolute atomic E-state index is 13.3. The van der Waals surface area contributed by atoms with E-state index in [1.54, 1.807) is 12.1 Å². The predicted octanol–water partition coefficient (Wildman–Crippen LogP) is 2.66. The van der Waals surface area contributed by atoms with Crippen LogP contribution >= 0.6 is 0 Å². The fourth-order valence-corrected chi connectivity index (χ4v) is 1.76. The highest BCUT2D eigenvalue weighted by atomic mass is 19.1. The summed E-state index contributed by atoms with van der Waals surface area (Å²) in [7, 11) is 0. The Kier molecular flexibility index (Phi) is 5.19. The van der Waals surface area contributed by atoms with Crippen molar-refractivity contribution in [3.63, 3.8) is 0 Å². The predicted molar refractivity (Wildman–Crippen MR) is 80.8 cm³/mol. The van der Waals surface area contributed by atoms with Crippen molar-refractivity contribution in [2.75, 3.05) is 18.5 Å². The minimum absolute atomic E-state index is 0.00274. The number of terminal acetylenes is 1. The highest BCUT2D eigenvalue weighted by molar-refractivity contribution is 5.49. The van der Waals surface area contributed by atoms with Gasteiger partial charge in [-0.2, -0.15) is 0 Å². The number of hydrogen-bond acceptors (Lipinski definition) is 3. The van der Waals surface area contributed by atoms with E-state index >= 15 is 0 Å². The highest BCUT2D eigenvalue weighted by Gasteiger charge is 2.07. The van der Waals surface area contributed by atoms with Crippen molar-refractivity contribution in [2.45, 2.75) is 6.10 Å². The summed E-state index contributed by atoms with van der Waals surface area (Å²) in [5, 5.41) is 12.9. The van der Waals surface area contributed by atoms with Crippen LogP contribution in [-0.2, 0) is 0 Å². The van der Waals surface area contributed by atoms with Crippen LogP contribution in [0.3, 0.4) is 0 Å². The molecule has 0 aromatic heterocycles. The molecule has 0 bridgehead atoms. The zero-order valence-electron chi connectivity index (χ0n) is 11.4. The fourth-order valence-electron chi connectivity index (χ4n) is 1.76. The second-order valence-corrected chi connectivity index (χ2v) is 4.50. The molecular formula is C17H16FNO2. The molecule has 0 spiro atoms. The van der Waals surface area contributed by atoms with Crippen LogP contribution in [-0.4, -0.2) is 24.4 Å². The van der Waals surface area contributed by atoms with E-state index in [0.717, 1.165) is 11.3 Å². The van der Waals surface area contributed by atoms with Crippen LogP contribution in [0.4, 0.5) is 10.1 Å². The van der Waals surface area contributed by atoms with E-state index in [0.29, 0.717) is 0 Å². The monoisotopic (exact) mass is 285 g/mol. The number of nitrogens with one attached hydrogen (secondary N) is 1. The van der Waals surface area contributed by atoms with Gasteiger partial charge in [0.25, 0.3) is 0 Å². The maximum atomic E-state index is 13.3. The fraction of sp³-hybridized carbons (Fsp3) is 0.176. The van der Waals surface area contributed by atoms with Gasteiger partial charge in [-0.25, -0.2) is 4.39 Å². The molecule has 0 aliphatic heterocycles. The van der Waals surface area contributed by atoms with Gasteiger partial charge in [0, 0.05) is 17.8 Å². The van der Waals surface area contributed by atoms with Gasteiger partial charge in [0.2, 0.25) is 0 Å². The van der Waals surface area contributed by atoms with Crippen LogP contribution in [0.2, 0.25) is 0 Å². The lowest BCUT2D eigenvalue weighted by molar-refractivity contribution is 0.115. The standard InChI is InChI=1S/C17H16FNO2/c1-2-13-6-5-7-14(10-13)19-11-15(20)12-21-17-9-4-3-8-16(17)18/h1,3-10,15,19-20H,11-12H2. The summed E-state index contributed by atoms with van der Waals surface area (Å²) in [5.41, 5.74) is 1.58. The Morgan fingerprint density at radius 2 is 2.05 bits per heavy atom. The molecule has 1 unspecified atom stereocenters. The molecule has 21 heavy (non-hydrogen) atoms. The summed E-state index contributed by atoms with van der Waals surface area (Å²) in [4.78, 5) is 0. The minimum Gasteiger partial charge on any atom is -0.488 e. The first-order valence-electron chi connectivity index (χ1n) is 6.55. The average molecular weight is 285 g/mol. The molecule has 0 aliphatic rings. The number of ether oxygens (including phenoxy) is 1. The Bertz CT molecular complexity index is 637. The van der Waals surface area contributed by atoms with E-state index in [-0.39, 0.29) is 18.9 Å². The Morgan fingerprint density at radius 3 is 2.81 bits per heavy atom. The van der Waals surface area contributed by atoms with Crippen LogP contribution in [0.15, 0.2) is 48.5 Å². The van der Waals surface area contributed by atoms with Crippen molar-refractivity contribution >= 4 is 5.69 Å². The molecule has 4 heteroatoms. The molecule has 2 N–H and O–H groups in total. The molecule has 2 rings (SSSR count). The molecule has 0 radical (unpaired) electrons. The Hall–Kier alpha value is -2.51. The SMILES string of the molecule is C#Cc1cccc(NCC(O)COc2ccccc2F)c1. The zero-order valence-corrected chi connectivity index (χ0v) is 11.4. The van der Waals surface area contributed by atoms with Gasteiger partial charge < -0.3 is 15.2 Å². The first-order valence-corrected chi connectivity index (χ1v) is 6.55. The molecule has 0 saturated carbocycles. The molecule has 1 atom stereocenters. The number of para-hydroxylation sites is 1. The maximum Gasteiger partial charge on any atom is 0.165 e. The number of halogens is 1. The highest BCUT2D eigenvalue weighted by Crippen LogP contribution is 2.15. The third kappa shape index (κ3) is 4.51. The van der Waals surface area contributed by atoms with Crippen molar-refractivity contribution < 1.29 is 14.2 Å². The van der Waals surface area contributed by atoms with Gasteiger partial charge in [0.15, 0.2) is 11.6 Å². The lowest BCUT2D eigenvalue weighted by Gasteiger charge is -2.14. The van der Waals surface area contributed by atoms with Gasteiger partial charge in [-0.3, -0.25) is 0 Å². The van der Waals surface area contributed by atoms with E-state index in [9.17, 15) is 9.50 Å². The number of benzene rings is 2. The van der Waals surface area contributed by atoms with E-state index in [4.69, 9.17) is 11.2 Å². The molecular weight excluding hydrogens is 269 g/mol. The van der Waals surface area contributed by atoms with Crippen LogP contribution in [0.1, 0.15) is 5.56 Å². The first kappa shape index (κ1) is 14.9. The van der Waals surface area contributed by atoms with Crippen LogP contribution < -0.4 is 10.1 Å². The molecule has 0 aliphatic carbocycles. The van der Waals surface area contributed by atoms with Crippen molar-refractivity contribution in [3.05, 3.63) is 59.9 Å². The van der Waals surface area contributed by atoms with Gasteiger partial charge >= 0.3 is 0 Å². The van der Waals surface area contributed by atoms with Crippen LogP contribution in [0.5, 0.6) is 5.75 Å². The van der Waals surface area contributed by atoms with Crippen molar-refractivity contribution in [3.8, 4) is 18.1 Å². The lowest BCUT2D eigenvalue weighted by Crippen LogP contribution is -2.26. The second-order valence-electron chi connectivity index (χ2n) is 4.50. The summed E-state index contributed by atoms with van der Waals surface area (Å²) in [6.07, 6.45) is 4.55. The molecule has 108 valence electrons. The summed E-state index contributed by atoms with van der Waals surface area (Å²) in [6, 6.07) is 13.4. The van der Waals surface area contributed by atoms with Gasteiger partial charge in [-0.1, -0.05) is 24.1 Å². The number of hydrogen-bond donors (Lipinski definition) is 2. The van der Waals surface area contributed by atoms with E-state index < -0.39 is 11.9 Å². The number of rotatable bonds is 6. The molecule has 0 fully saturated rings. The van der Waals surface area contributed by atoms with Crippen LogP contribution in [0.25, 0.3) is 0 Å². The molecule has 3 nitrogen and oxygen atoms in total. The summed E-state index contributed by atoms with van der Waals surface area (Å²) >= 11 is 0. The zero-order chi connectivity index (χ0) is 15.1. The average Bonchev–Trinajstić information content (AvgIpc) is 2.52. The largest absolute Gasteiger partial charge is 0.488 e. The second kappa shape index (κ2) is 7.32. The first-order chi connectivity index (χ1) is 10.2. The minimum atomic E-state index is -0.765. The molecule has 2 aromatic carbocycles. The summed E-state index contributed by atoms with van der Waals surface area (Å²) in [6.45, 7) is 0.283. The van der Waals surface area contributed by atoms with Gasteiger partial charge in [-0.05, 0) is 30.3 Å². The van der Waals surface area contributed by atoms with Gasteiger partial charge in [-0.15, -0.1) is 6.42 Å². The summed E-state index contributed by atoms with van der Waals surface area (Å²) in [5.74, 6) is 2.22. The van der Waals surface area contributed by atoms with Crippen molar-refractivity contribution in [1.82, 2.24) is 0 Å². The van der Waals surface area contributed by atoms with Gasteiger partial charge in [0.1, 0.15) is 12.7 Å². The number of aliphatic hydroxyl groups is 1. The van der Waals surface area contributed by atoms with E-state index in [1.165, 1.54) is 12.1 Å². The van der Waals surface area contributed by atoms with Crippen molar-refractivity contribution in [2.24, 2.45) is 0 Å². The summed E-state index contributed by atoms with van der Waals surface area (Å²) < 4.78 is 18.6. The van der Waals surface area contributed by atoms with E-state index in [2.05, 4.69) is 11.2 Å². The lowest BCUT2D eigenvalue weighted by atomic mass is 10.2. The third-order valence-electron chi connectivity index (χ3n) is 2.84.